The second kappa shape index (κ2) is 10.7. The van der Waals surface area contributed by atoms with E-state index in [0.29, 0.717) is 38.6 Å². The van der Waals surface area contributed by atoms with Crippen LogP contribution in [0.2, 0.25) is 0 Å². The first-order chi connectivity index (χ1) is 9.65. The number of ether oxygens (including phenoxy) is 4. The zero-order valence-corrected chi connectivity index (χ0v) is 15.0. The van der Waals surface area contributed by atoms with Crippen LogP contribution in [0.5, 0.6) is 0 Å². The fraction of sp³-hybridized carbons (Fsp3) is 0.583. The summed E-state index contributed by atoms with van der Waals surface area (Å²) in [6, 6.07) is 1.72. The molecule has 0 saturated heterocycles. The molecule has 0 saturated carbocycles. The Hall–Kier alpha value is 0.01000. The van der Waals surface area contributed by atoms with Crippen LogP contribution in [0.1, 0.15) is 10.4 Å². The van der Waals surface area contributed by atoms with E-state index in [2.05, 4.69) is 31.9 Å². The van der Waals surface area contributed by atoms with Crippen molar-refractivity contribution < 1.29 is 23.7 Å². The Morgan fingerprint density at radius 3 is 2.25 bits per heavy atom. The first-order valence-electron chi connectivity index (χ1n) is 5.91. The van der Waals surface area contributed by atoms with Crippen LogP contribution in [-0.4, -0.2) is 52.7 Å². The van der Waals surface area contributed by atoms with Gasteiger partial charge in [-0.15, -0.1) is 11.3 Å². The zero-order valence-electron chi connectivity index (χ0n) is 11.0. The Morgan fingerprint density at radius 1 is 1.10 bits per heavy atom. The lowest BCUT2D eigenvalue weighted by atomic mass is 10.3. The van der Waals surface area contributed by atoms with E-state index in [1.54, 1.807) is 13.2 Å². The highest BCUT2D eigenvalue weighted by molar-refractivity contribution is 9.12. The smallest absolute Gasteiger partial charge is 0.340 e. The van der Waals surface area contributed by atoms with Gasteiger partial charge in [0.1, 0.15) is 6.61 Å². The van der Waals surface area contributed by atoms with Crippen LogP contribution >= 0.6 is 43.2 Å². The molecule has 114 valence electrons. The van der Waals surface area contributed by atoms with Crippen LogP contribution in [0.25, 0.3) is 0 Å². The van der Waals surface area contributed by atoms with E-state index >= 15 is 0 Å². The molecule has 1 aromatic rings. The molecule has 1 aromatic heterocycles. The standard InChI is InChI=1S/C12H16Br2O5S/c1-16-2-3-17-4-5-18-6-7-19-12(15)9-8-10(13)20-11(9)14/h8H,2-7H2,1H3. The molecular weight excluding hydrogens is 416 g/mol. The minimum absolute atomic E-state index is 0.219. The number of hydrogen-bond acceptors (Lipinski definition) is 6. The number of halogens is 2. The Kier molecular flexibility index (Phi) is 9.66. The fourth-order valence-corrected chi connectivity index (χ4v) is 3.98. The monoisotopic (exact) mass is 430 g/mol. The number of carbonyl (C=O) groups excluding carboxylic acids is 1. The molecule has 0 aliphatic heterocycles. The van der Waals surface area contributed by atoms with Gasteiger partial charge < -0.3 is 18.9 Å². The molecule has 1 heterocycles. The van der Waals surface area contributed by atoms with Crippen LogP contribution in [-0.2, 0) is 18.9 Å². The molecule has 0 fully saturated rings. The van der Waals surface area contributed by atoms with Crippen molar-refractivity contribution in [2.24, 2.45) is 0 Å². The highest BCUT2D eigenvalue weighted by Crippen LogP contribution is 2.32. The SMILES string of the molecule is COCCOCCOCCOC(=O)c1cc(Br)sc1Br. The van der Waals surface area contributed by atoms with Gasteiger partial charge in [0.05, 0.1) is 46.2 Å². The molecule has 0 amide bonds. The van der Waals surface area contributed by atoms with Gasteiger partial charge in [-0.05, 0) is 37.9 Å². The third-order valence-corrected chi connectivity index (χ3v) is 4.48. The fourth-order valence-electron chi connectivity index (χ4n) is 1.21. The van der Waals surface area contributed by atoms with E-state index < -0.39 is 0 Å². The second-order valence-corrected chi connectivity index (χ2v) is 7.34. The topological polar surface area (TPSA) is 54.0 Å². The van der Waals surface area contributed by atoms with E-state index in [-0.39, 0.29) is 12.6 Å². The van der Waals surface area contributed by atoms with Crippen molar-refractivity contribution >= 4 is 49.2 Å². The van der Waals surface area contributed by atoms with Crippen molar-refractivity contribution in [1.29, 1.82) is 0 Å². The molecule has 0 aliphatic rings. The lowest BCUT2D eigenvalue weighted by Crippen LogP contribution is -2.13. The molecule has 20 heavy (non-hydrogen) atoms. The minimum Gasteiger partial charge on any atom is -0.460 e. The molecule has 8 heteroatoms. The Labute approximate surface area is 138 Å². The van der Waals surface area contributed by atoms with Gasteiger partial charge in [0.25, 0.3) is 0 Å². The van der Waals surface area contributed by atoms with Crippen molar-refractivity contribution in [3.63, 3.8) is 0 Å². The first kappa shape index (κ1) is 18.1. The summed E-state index contributed by atoms with van der Waals surface area (Å²) in [6.07, 6.45) is 0. The van der Waals surface area contributed by atoms with Gasteiger partial charge in [0.2, 0.25) is 0 Å². The number of thiophene rings is 1. The summed E-state index contributed by atoms with van der Waals surface area (Å²) >= 11 is 8.05. The molecule has 0 spiro atoms. The molecule has 5 nitrogen and oxygen atoms in total. The minimum atomic E-state index is -0.362. The summed E-state index contributed by atoms with van der Waals surface area (Å²) in [7, 11) is 1.62. The van der Waals surface area contributed by atoms with E-state index in [1.165, 1.54) is 11.3 Å². The third kappa shape index (κ3) is 7.14. The summed E-state index contributed by atoms with van der Waals surface area (Å²) in [5.41, 5.74) is 0.518. The lowest BCUT2D eigenvalue weighted by Gasteiger charge is -2.06. The Bertz CT molecular complexity index is 411. The van der Waals surface area contributed by atoms with Gasteiger partial charge in [0, 0.05) is 7.11 Å². The Balaban J connectivity index is 2.04. The zero-order chi connectivity index (χ0) is 14.8. The number of esters is 1. The molecule has 0 radical (unpaired) electrons. The molecule has 0 aliphatic carbocycles. The van der Waals surface area contributed by atoms with E-state index in [1.807, 2.05) is 0 Å². The van der Waals surface area contributed by atoms with Crippen LogP contribution in [0, 0.1) is 0 Å². The maximum atomic E-state index is 11.7. The number of methoxy groups -OCH3 is 1. The molecule has 0 N–H and O–H groups in total. The highest BCUT2D eigenvalue weighted by atomic mass is 79.9. The maximum Gasteiger partial charge on any atom is 0.340 e. The molecule has 1 rings (SSSR count). The van der Waals surface area contributed by atoms with Crippen molar-refractivity contribution in [2.75, 3.05) is 46.8 Å². The van der Waals surface area contributed by atoms with Crippen molar-refractivity contribution in [2.45, 2.75) is 0 Å². The van der Waals surface area contributed by atoms with Crippen LogP contribution < -0.4 is 0 Å². The van der Waals surface area contributed by atoms with Gasteiger partial charge in [-0.25, -0.2) is 4.79 Å². The van der Waals surface area contributed by atoms with Gasteiger partial charge in [-0.2, -0.15) is 0 Å². The van der Waals surface area contributed by atoms with E-state index in [0.717, 1.165) is 7.57 Å². The highest BCUT2D eigenvalue weighted by Gasteiger charge is 2.14. The molecular formula is C12H16Br2O5S. The molecule has 0 aromatic carbocycles. The quantitative estimate of drug-likeness (QED) is 0.420. The average molecular weight is 432 g/mol. The van der Waals surface area contributed by atoms with Crippen LogP contribution in [0.15, 0.2) is 13.6 Å². The predicted molar refractivity (Wildman–Crippen MR) is 83.5 cm³/mol. The molecule has 0 bridgehead atoms. The van der Waals surface area contributed by atoms with Crippen molar-refractivity contribution in [3.8, 4) is 0 Å². The average Bonchev–Trinajstić information content (AvgIpc) is 2.75. The number of hydrogen-bond donors (Lipinski definition) is 0. The predicted octanol–water partition coefficient (Wildman–Crippen LogP) is 3.11. The first-order valence-corrected chi connectivity index (χ1v) is 8.31. The van der Waals surface area contributed by atoms with E-state index in [9.17, 15) is 4.79 Å². The van der Waals surface area contributed by atoms with Gasteiger partial charge in [-0.3, -0.25) is 0 Å². The lowest BCUT2D eigenvalue weighted by molar-refractivity contribution is 0.00569. The van der Waals surface area contributed by atoms with Gasteiger partial charge in [-0.1, -0.05) is 0 Å². The van der Waals surface area contributed by atoms with Gasteiger partial charge in [0.15, 0.2) is 0 Å². The van der Waals surface area contributed by atoms with Crippen LogP contribution in [0.3, 0.4) is 0 Å². The summed E-state index contributed by atoms with van der Waals surface area (Å²) in [5, 5.41) is 0. The molecule has 0 atom stereocenters. The number of carbonyl (C=O) groups is 1. The summed E-state index contributed by atoms with van der Waals surface area (Å²) in [6.45, 7) is 2.66. The maximum absolute atomic E-state index is 11.7. The summed E-state index contributed by atoms with van der Waals surface area (Å²) in [4.78, 5) is 11.7. The van der Waals surface area contributed by atoms with E-state index in [4.69, 9.17) is 18.9 Å². The molecule has 0 unspecified atom stereocenters. The number of rotatable bonds is 10. The largest absolute Gasteiger partial charge is 0.460 e. The Morgan fingerprint density at radius 2 is 1.70 bits per heavy atom. The van der Waals surface area contributed by atoms with Crippen molar-refractivity contribution in [1.82, 2.24) is 0 Å². The van der Waals surface area contributed by atoms with Crippen LogP contribution in [0.4, 0.5) is 0 Å². The third-order valence-electron chi connectivity index (χ3n) is 2.14. The van der Waals surface area contributed by atoms with Crippen molar-refractivity contribution in [3.05, 3.63) is 19.2 Å². The summed E-state index contributed by atoms with van der Waals surface area (Å²) in [5.74, 6) is -0.362. The normalized spacial score (nSPS) is 10.8. The summed E-state index contributed by atoms with van der Waals surface area (Å²) < 4.78 is 22.1. The van der Waals surface area contributed by atoms with Gasteiger partial charge >= 0.3 is 5.97 Å². The second-order valence-electron chi connectivity index (χ2n) is 3.59.